The Balaban J connectivity index is 0.00000144. The number of aromatic nitrogens is 1. The van der Waals surface area contributed by atoms with E-state index in [4.69, 9.17) is 4.74 Å². The third-order valence-electron chi connectivity index (χ3n) is 1.24. The van der Waals surface area contributed by atoms with Crippen molar-refractivity contribution in [1.29, 1.82) is 0 Å². The van der Waals surface area contributed by atoms with E-state index in [0.29, 0.717) is 5.56 Å². The molecule has 13 heavy (non-hydrogen) atoms. The van der Waals surface area contributed by atoms with Crippen LogP contribution < -0.4 is 0 Å². The number of carbonyl (C=O) groups is 1. The Kier molecular flexibility index (Phi) is 4.69. The van der Waals surface area contributed by atoms with Gasteiger partial charge >= 0.3 is 5.97 Å². The molecular weight excluding hydrogens is 170 g/mol. The Morgan fingerprint density at radius 1 is 1.54 bits per heavy atom. The van der Waals surface area contributed by atoms with Crippen LogP contribution in [0.25, 0.3) is 0 Å². The number of rotatable bonds is 2. The predicted octanol–water partition coefficient (Wildman–Crippen LogP) is 1.53. The molecule has 1 heterocycles. The molecular formula is C9H11NO3. The molecule has 0 amide bonds. The normalized spacial score (nSPS) is 9.15. The molecule has 0 N–H and O–H groups in total. The summed E-state index contributed by atoms with van der Waals surface area (Å²) in [7, 11) is 0. The van der Waals surface area contributed by atoms with Crippen LogP contribution in [0.2, 0.25) is 0 Å². The van der Waals surface area contributed by atoms with Crippen molar-refractivity contribution in [2.75, 3.05) is 0 Å². The summed E-state index contributed by atoms with van der Waals surface area (Å²) in [5, 5.41) is 0. The zero-order valence-corrected chi connectivity index (χ0v) is 7.56. The highest BCUT2D eigenvalue weighted by Gasteiger charge is 2.07. The second-order valence-corrected chi connectivity index (χ2v) is 2.70. The van der Waals surface area contributed by atoms with Crippen molar-refractivity contribution >= 4 is 5.97 Å². The Morgan fingerprint density at radius 2 is 2.23 bits per heavy atom. The van der Waals surface area contributed by atoms with Crippen LogP contribution in [0.1, 0.15) is 24.2 Å². The van der Waals surface area contributed by atoms with Crippen LogP contribution in [0.15, 0.2) is 24.5 Å². The Bertz CT molecular complexity index is 259. The molecule has 0 saturated heterocycles. The monoisotopic (exact) mass is 181 g/mol. The lowest BCUT2D eigenvalue weighted by atomic mass is 10.3. The molecule has 0 unspecified atom stereocenters. The first-order chi connectivity index (χ1) is 5.70. The van der Waals surface area contributed by atoms with Crippen LogP contribution in [0, 0.1) is 0 Å². The highest BCUT2D eigenvalue weighted by Crippen LogP contribution is 2.00. The van der Waals surface area contributed by atoms with Gasteiger partial charge in [-0.15, -0.1) is 0 Å². The van der Waals surface area contributed by atoms with E-state index >= 15 is 0 Å². The van der Waals surface area contributed by atoms with Crippen molar-refractivity contribution in [2.45, 2.75) is 20.0 Å². The van der Waals surface area contributed by atoms with Gasteiger partial charge in [-0.1, -0.05) is 0 Å². The summed E-state index contributed by atoms with van der Waals surface area (Å²) < 4.78 is 4.96. The molecule has 4 nitrogen and oxygen atoms in total. The van der Waals surface area contributed by atoms with Gasteiger partial charge in [-0.2, -0.15) is 0 Å². The molecule has 0 aliphatic heterocycles. The first-order valence-electron chi connectivity index (χ1n) is 3.81. The van der Waals surface area contributed by atoms with Gasteiger partial charge in [0, 0.05) is 17.9 Å². The van der Waals surface area contributed by atoms with Crippen molar-refractivity contribution in [3.63, 3.8) is 0 Å². The van der Waals surface area contributed by atoms with Gasteiger partial charge in [0.15, 0.2) is 0 Å². The Hall–Kier alpha value is -1.42. The van der Waals surface area contributed by atoms with E-state index < -0.39 is 0 Å². The van der Waals surface area contributed by atoms with Crippen LogP contribution in [-0.4, -0.2) is 17.1 Å². The number of ether oxygens (including phenoxy) is 1. The van der Waals surface area contributed by atoms with Gasteiger partial charge in [-0.3, -0.25) is 4.98 Å². The largest absolute Gasteiger partial charge is 0.459 e. The topological polar surface area (TPSA) is 67.7 Å². The molecule has 0 aliphatic carbocycles. The van der Waals surface area contributed by atoms with Gasteiger partial charge in [0.1, 0.15) is 0 Å². The van der Waals surface area contributed by atoms with Crippen LogP contribution in [-0.2, 0) is 10.2 Å². The van der Waals surface area contributed by atoms with Gasteiger partial charge in [0.2, 0.25) is 0 Å². The molecule has 0 bridgehead atoms. The number of esters is 1. The maximum Gasteiger partial charge on any atom is 0.339 e. The van der Waals surface area contributed by atoms with Crippen molar-refractivity contribution in [2.24, 2.45) is 0 Å². The minimum absolute atomic E-state index is 0. The summed E-state index contributed by atoms with van der Waals surface area (Å²) in [4.78, 5) is 15.0. The third-order valence-corrected chi connectivity index (χ3v) is 1.24. The lowest BCUT2D eigenvalue weighted by Gasteiger charge is -2.06. The lowest BCUT2D eigenvalue weighted by molar-refractivity contribution is 0.0377. The maximum absolute atomic E-state index is 11.2. The van der Waals surface area contributed by atoms with E-state index in [1.165, 1.54) is 6.20 Å². The van der Waals surface area contributed by atoms with Crippen LogP contribution in [0.3, 0.4) is 0 Å². The molecule has 1 aromatic rings. The third kappa shape index (κ3) is 3.66. The van der Waals surface area contributed by atoms with Gasteiger partial charge in [0.25, 0.3) is 0 Å². The number of nitrogens with zero attached hydrogens (tertiary/aromatic N) is 1. The summed E-state index contributed by atoms with van der Waals surface area (Å²) >= 11 is 0. The summed E-state index contributed by atoms with van der Waals surface area (Å²) in [5.41, 5.74) is 0.492. The smallest absolute Gasteiger partial charge is 0.339 e. The minimum atomic E-state index is -0.321. The fourth-order valence-corrected chi connectivity index (χ4v) is 0.766. The molecule has 1 aromatic heterocycles. The zero-order chi connectivity index (χ0) is 8.97. The van der Waals surface area contributed by atoms with Crippen molar-refractivity contribution in [3.05, 3.63) is 30.1 Å². The van der Waals surface area contributed by atoms with Crippen LogP contribution >= 0.6 is 0 Å². The zero-order valence-electron chi connectivity index (χ0n) is 7.56. The number of carbonyl (C=O) groups excluding carboxylic acids is 1. The summed E-state index contributed by atoms with van der Waals surface area (Å²) in [6.07, 6.45) is 3.02. The van der Waals surface area contributed by atoms with E-state index in [-0.39, 0.29) is 17.5 Å². The van der Waals surface area contributed by atoms with Crippen molar-refractivity contribution in [1.82, 2.24) is 4.98 Å². The first-order valence-corrected chi connectivity index (χ1v) is 3.81. The van der Waals surface area contributed by atoms with Gasteiger partial charge in [-0.05, 0) is 26.0 Å². The standard InChI is InChI=1S/C9H11NO2.O/c1-7(2)12-9(11)8-4-3-5-10-6-8;/h3-7H,1-2H3;. The Labute approximate surface area is 76.9 Å². The molecule has 0 spiro atoms. The van der Waals surface area contributed by atoms with Crippen molar-refractivity contribution < 1.29 is 15.0 Å². The van der Waals surface area contributed by atoms with E-state index in [9.17, 15) is 4.79 Å². The minimum Gasteiger partial charge on any atom is -0.459 e. The summed E-state index contributed by atoms with van der Waals surface area (Å²) in [6.45, 7) is 3.63. The quantitative estimate of drug-likeness (QED) is 0.649. The molecule has 0 aromatic carbocycles. The highest BCUT2D eigenvalue weighted by atomic mass is 16.5. The second kappa shape index (κ2) is 5.27. The molecule has 0 fully saturated rings. The number of hydrogen-bond acceptors (Lipinski definition) is 3. The second-order valence-electron chi connectivity index (χ2n) is 2.70. The predicted molar refractivity (Wildman–Crippen MR) is 45.5 cm³/mol. The molecule has 1 rings (SSSR count). The van der Waals surface area contributed by atoms with Gasteiger partial charge in [0.05, 0.1) is 11.7 Å². The molecule has 0 aliphatic rings. The van der Waals surface area contributed by atoms with Gasteiger partial charge in [-0.25, -0.2) is 4.79 Å². The van der Waals surface area contributed by atoms with Crippen molar-refractivity contribution in [3.8, 4) is 0 Å². The van der Waals surface area contributed by atoms with E-state index in [1.807, 2.05) is 13.8 Å². The molecule has 4 heteroatoms. The number of pyridine rings is 1. The Morgan fingerprint density at radius 3 is 2.69 bits per heavy atom. The average molecular weight is 181 g/mol. The fourth-order valence-electron chi connectivity index (χ4n) is 0.766. The van der Waals surface area contributed by atoms with E-state index in [0.717, 1.165) is 0 Å². The van der Waals surface area contributed by atoms with Crippen LogP contribution in [0.5, 0.6) is 0 Å². The van der Waals surface area contributed by atoms with E-state index in [1.54, 1.807) is 18.3 Å². The molecule has 2 radical (unpaired) electrons. The summed E-state index contributed by atoms with van der Waals surface area (Å²) in [5.74, 6) is -0.321. The summed E-state index contributed by atoms with van der Waals surface area (Å²) in [6, 6.07) is 3.38. The SMILES string of the molecule is CC(C)OC(=O)c1cccnc1.[O]. The maximum atomic E-state index is 11.2. The molecule has 70 valence electrons. The van der Waals surface area contributed by atoms with Crippen LogP contribution in [0.4, 0.5) is 0 Å². The van der Waals surface area contributed by atoms with Gasteiger partial charge < -0.3 is 4.74 Å². The lowest BCUT2D eigenvalue weighted by Crippen LogP contribution is -2.11. The fraction of sp³-hybridized carbons (Fsp3) is 0.333. The average Bonchev–Trinajstić information content (AvgIpc) is 2.05. The molecule has 0 atom stereocenters. The number of hydrogen-bond donors (Lipinski definition) is 0. The highest BCUT2D eigenvalue weighted by molar-refractivity contribution is 5.88. The first kappa shape index (κ1) is 11.6. The van der Waals surface area contributed by atoms with E-state index in [2.05, 4.69) is 4.98 Å². The molecule has 0 saturated carbocycles.